The van der Waals surface area contributed by atoms with Crippen molar-refractivity contribution in [2.45, 2.75) is 6.54 Å². The quantitative estimate of drug-likeness (QED) is 0.709. The summed E-state index contributed by atoms with van der Waals surface area (Å²) in [4.78, 5) is 10.5. The van der Waals surface area contributed by atoms with Crippen LogP contribution in [0.15, 0.2) is 53.0 Å². The Kier molecular flexibility index (Phi) is 3.01. The van der Waals surface area contributed by atoms with Gasteiger partial charge in [-0.05, 0) is 45.7 Å². The van der Waals surface area contributed by atoms with E-state index in [1.165, 1.54) is 0 Å². The lowest BCUT2D eigenvalue weighted by molar-refractivity contribution is 0.475. The molecule has 0 fully saturated rings. The minimum absolute atomic E-state index is 0.198. The maximum atomic E-state index is 10.5. The summed E-state index contributed by atoms with van der Waals surface area (Å²) in [5.41, 5.74) is 3.12. The molecule has 0 spiro atoms. The number of aromatic hydroxyl groups is 1. The van der Waals surface area contributed by atoms with Crippen molar-refractivity contribution < 1.29 is 5.11 Å². The topological polar surface area (TPSA) is 49.7 Å². The summed E-state index contributed by atoms with van der Waals surface area (Å²) in [5, 5.41) is 15.4. The van der Waals surface area contributed by atoms with Gasteiger partial charge >= 0.3 is 0 Å². The molecular weight excluding hydrogens is 258 g/mol. The molecule has 4 heteroatoms. The SMILES string of the molecule is O=NCc1ccc(-c2ccc(O)cc2)c2sccc12. The fourth-order valence-electron chi connectivity index (χ4n) is 2.20. The Morgan fingerprint density at radius 2 is 1.84 bits per heavy atom. The molecule has 3 nitrogen and oxygen atoms in total. The highest BCUT2D eigenvalue weighted by Gasteiger charge is 2.09. The molecular formula is C15H11NO2S. The van der Waals surface area contributed by atoms with Crippen LogP contribution in [0.1, 0.15) is 5.56 Å². The van der Waals surface area contributed by atoms with Gasteiger partial charge in [0.1, 0.15) is 12.3 Å². The lowest BCUT2D eigenvalue weighted by atomic mass is 10.0. The predicted octanol–water partition coefficient (Wildman–Crippen LogP) is 4.54. The highest BCUT2D eigenvalue weighted by molar-refractivity contribution is 7.17. The summed E-state index contributed by atoms with van der Waals surface area (Å²) in [7, 11) is 0. The van der Waals surface area contributed by atoms with E-state index in [-0.39, 0.29) is 12.3 Å². The van der Waals surface area contributed by atoms with Crippen LogP contribution in [0.25, 0.3) is 21.2 Å². The first kappa shape index (κ1) is 11.9. The van der Waals surface area contributed by atoms with Gasteiger partial charge in [0.2, 0.25) is 0 Å². The second kappa shape index (κ2) is 4.82. The summed E-state index contributed by atoms with van der Waals surface area (Å²) in [5.74, 6) is 0.257. The van der Waals surface area contributed by atoms with Crippen molar-refractivity contribution in [1.29, 1.82) is 0 Å². The van der Waals surface area contributed by atoms with Crippen molar-refractivity contribution in [3.05, 3.63) is 58.3 Å². The van der Waals surface area contributed by atoms with Gasteiger partial charge < -0.3 is 5.11 Å². The lowest BCUT2D eigenvalue weighted by Gasteiger charge is -2.06. The monoisotopic (exact) mass is 269 g/mol. The van der Waals surface area contributed by atoms with Crippen LogP contribution in [0.3, 0.4) is 0 Å². The van der Waals surface area contributed by atoms with E-state index in [2.05, 4.69) is 5.18 Å². The average molecular weight is 269 g/mol. The van der Waals surface area contributed by atoms with Crippen LogP contribution < -0.4 is 0 Å². The molecule has 0 radical (unpaired) electrons. The van der Waals surface area contributed by atoms with Crippen LogP contribution in [-0.4, -0.2) is 5.11 Å². The number of phenols is 1. The molecule has 0 atom stereocenters. The molecule has 0 aliphatic carbocycles. The van der Waals surface area contributed by atoms with Crippen molar-refractivity contribution in [3.8, 4) is 16.9 Å². The Labute approximate surface area is 114 Å². The number of rotatable bonds is 3. The minimum atomic E-state index is 0.198. The normalized spacial score (nSPS) is 10.7. The van der Waals surface area contributed by atoms with Crippen molar-refractivity contribution in [2.75, 3.05) is 0 Å². The van der Waals surface area contributed by atoms with E-state index in [1.807, 2.05) is 35.7 Å². The molecule has 0 amide bonds. The molecule has 3 rings (SSSR count). The van der Waals surface area contributed by atoms with Gasteiger partial charge in [-0.15, -0.1) is 11.3 Å². The first-order chi connectivity index (χ1) is 9.29. The summed E-state index contributed by atoms with van der Waals surface area (Å²) in [6, 6.07) is 13.1. The Hall–Kier alpha value is -2.20. The molecule has 1 heterocycles. The third-order valence-electron chi connectivity index (χ3n) is 3.12. The van der Waals surface area contributed by atoms with Crippen molar-refractivity contribution in [1.82, 2.24) is 0 Å². The zero-order valence-electron chi connectivity index (χ0n) is 10.0. The van der Waals surface area contributed by atoms with Crippen LogP contribution in [-0.2, 0) is 6.54 Å². The largest absolute Gasteiger partial charge is 0.508 e. The number of nitrogens with zero attached hydrogens (tertiary/aromatic N) is 1. The van der Waals surface area contributed by atoms with Gasteiger partial charge in [-0.1, -0.05) is 29.4 Å². The Bertz CT molecular complexity index is 731. The van der Waals surface area contributed by atoms with Gasteiger partial charge in [0.25, 0.3) is 0 Å². The molecule has 2 aromatic carbocycles. The summed E-state index contributed by atoms with van der Waals surface area (Å²) >= 11 is 1.65. The maximum Gasteiger partial charge on any atom is 0.115 e. The number of hydrogen-bond acceptors (Lipinski definition) is 4. The first-order valence-corrected chi connectivity index (χ1v) is 6.75. The van der Waals surface area contributed by atoms with E-state index in [0.29, 0.717) is 0 Å². The van der Waals surface area contributed by atoms with E-state index in [4.69, 9.17) is 0 Å². The molecule has 1 N–H and O–H groups in total. The highest BCUT2D eigenvalue weighted by Crippen LogP contribution is 2.35. The molecule has 3 aromatic rings. The Balaban J connectivity index is 2.20. The molecule has 0 aliphatic rings. The Morgan fingerprint density at radius 1 is 1.05 bits per heavy atom. The molecule has 0 bridgehead atoms. The van der Waals surface area contributed by atoms with Gasteiger partial charge in [-0.3, -0.25) is 0 Å². The fraction of sp³-hybridized carbons (Fsp3) is 0.0667. The predicted molar refractivity (Wildman–Crippen MR) is 78.4 cm³/mol. The van der Waals surface area contributed by atoms with Gasteiger partial charge in [0.15, 0.2) is 0 Å². The van der Waals surface area contributed by atoms with Gasteiger partial charge in [0.05, 0.1) is 0 Å². The molecule has 0 aliphatic heterocycles. The van der Waals surface area contributed by atoms with E-state index >= 15 is 0 Å². The second-order valence-corrected chi connectivity index (χ2v) is 5.19. The summed E-state index contributed by atoms with van der Waals surface area (Å²) in [6.07, 6.45) is 0. The number of benzene rings is 2. The smallest absolute Gasteiger partial charge is 0.115 e. The second-order valence-electron chi connectivity index (χ2n) is 4.27. The van der Waals surface area contributed by atoms with Crippen molar-refractivity contribution in [2.24, 2.45) is 5.18 Å². The van der Waals surface area contributed by atoms with Crippen LogP contribution in [0.5, 0.6) is 5.75 Å². The highest BCUT2D eigenvalue weighted by atomic mass is 32.1. The third-order valence-corrected chi connectivity index (χ3v) is 4.07. The third kappa shape index (κ3) is 2.11. The first-order valence-electron chi connectivity index (χ1n) is 5.87. The summed E-state index contributed by atoms with van der Waals surface area (Å²) < 4.78 is 1.15. The number of hydrogen-bond donors (Lipinski definition) is 1. The fourth-order valence-corrected chi connectivity index (χ4v) is 3.17. The van der Waals surface area contributed by atoms with Crippen LogP contribution in [0, 0.1) is 4.91 Å². The van der Waals surface area contributed by atoms with Crippen molar-refractivity contribution >= 4 is 21.4 Å². The number of nitroso groups, excluding NO2 is 1. The number of phenolic OH excluding ortho intramolecular Hbond substituents is 1. The van der Waals surface area contributed by atoms with Crippen molar-refractivity contribution in [3.63, 3.8) is 0 Å². The van der Waals surface area contributed by atoms with E-state index < -0.39 is 0 Å². The van der Waals surface area contributed by atoms with Crippen LogP contribution in [0.4, 0.5) is 0 Å². The van der Waals surface area contributed by atoms with E-state index in [0.717, 1.165) is 26.8 Å². The van der Waals surface area contributed by atoms with Gasteiger partial charge in [-0.25, -0.2) is 0 Å². The summed E-state index contributed by atoms with van der Waals surface area (Å²) in [6.45, 7) is 0.198. The minimum Gasteiger partial charge on any atom is -0.508 e. The average Bonchev–Trinajstić information content (AvgIpc) is 2.90. The molecule has 0 unspecified atom stereocenters. The van der Waals surface area contributed by atoms with Crippen LogP contribution >= 0.6 is 11.3 Å². The van der Waals surface area contributed by atoms with Crippen LogP contribution in [0.2, 0.25) is 0 Å². The maximum absolute atomic E-state index is 10.5. The molecule has 19 heavy (non-hydrogen) atoms. The molecule has 0 saturated carbocycles. The standard InChI is InChI=1S/C15H11NO2S/c17-12-4-1-10(2-5-12)13-6-3-11(9-16-18)14-7-8-19-15(13)14/h1-8,17H,9H2. The molecule has 0 saturated heterocycles. The van der Waals surface area contributed by atoms with E-state index in [1.54, 1.807) is 23.5 Å². The molecule has 1 aromatic heterocycles. The lowest BCUT2D eigenvalue weighted by Crippen LogP contribution is -1.84. The zero-order valence-corrected chi connectivity index (χ0v) is 10.9. The molecule has 94 valence electrons. The Morgan fingerprint density at radius 3 is 2.58 bits per heavy atom. The van der Waals surface area contributed by atoms with Gasteiger partial charge in [0, 0.05) is 4.70 Å². The zero-order chi connectivity index (χ0) is 13.2. The van der Waals surface area contributed by atoms with E-state index in [9.17, 15) is 10.0 Å². The van der Waals surface area contributed by atoms with Gasteiger partial charge in [-0.2, -0.15) is 4.91 Å². The number of fused-ring (bicyclic) bond motifs is 1. The number of thiophene rings is 1.